The second kappa shape index (κ2) is 12.0. The summed E-state index contributed by atoms with van der Waals surface area (Å²) in [6.07, 6.45) is 10.3. The lowest BCUT2D eigenvalue weighted by molar-refractivity contribution is -0.121. The topological polar surface area (TPSA) is 58.4 Å². The number of nitrogens with zero attached hydrogens (tertiary/aromatic N) is 1. The molecule has 1 saturated heterocycles. The Hall–Kier alpha value is -1.39. The minimum absolute atomic E-state index is 0.154. The number of nitrogens with one attached hydrogen (secondary N) is 1. The van der Waals surface area contributed by atoms with Gasteiger partial charge in [0.25, 0.3) is 0 Å². The zero-order chi connectivity index (χ0) is 17.7. The molecule has 1 fully saturated rings. The van der Waals surface area contributed by atoms with Crippen LogP contribution in [0.2, 0.25) is 0 Å². The lowest BCUT2D eigenvalue weighted by Gasteiger charge is -2.19. The fourth-order valence-corrected chi connectivity index (χ4v) is 3.39. The summed E-state index contributed by atoms with van der Waals surface area (Å²) >= 11 is 0. The van der Waals surface area contributed by atoms with Crippen LogP contribution in [-0.4, -0.2) is 30.4 Å². The average molecular weight is 346 g/mol. The van der Waals surface area contributed by atoms with Gasteiger partial charge < -0.3 is 11.1 Å². The van der Waals surface area contributed by atoms with Gasteiger partial charge in [-0.25, -0.2) is 0 Å². The maximum atomic E-state index is 11.9. The first-order valence-corrected chi connectivity index (χ1v) is 10.0. The molecule has 1 heterocycles. The zero-order valence-electron chi connectivity index (χ0n) is 15.6. The molecule has 4 nitrogen and oxygen atoms in total. The molecule has 1 aliphatic heterocycles. The molecule has 1 aromatic carbocycles. The largest absolute Gasteiger partial charge is 0.352 e. The zero-order valence-corrected chi connectivity index (χ0v) is 15.6. The van der Waals surface area contributed by atoms with Crippen molar-refractivity contribution in [1.82, 2.24) is 10.2 Å². The summed E-state index contributed by atoms with van der Waals surface area (Å²) in [6, 6.07) is 8.71. The number of carbonyl (C=O) groups excluding carboxylic acids is 1. The molecule has 140 valence electrons. The van der Waals surface area contributed by atoms with E-state index in [1.807, 2.05) is 0 Å². The van der Waals surface area contributed by atoms with Crippen LogP contribution in [0, 0.1) is 0 Å². The SMILES string of the molecule is NCCCCCCC(=O)NCc1ccc(CN2CCCCCC2)cc1. The van der Waals surface area contributed by atoms with Crippen LogP contribution in [-0.2, 0) is 17.9 Å². The molecule has 3 N–H and O–H groups in total. The lowest BCUT2D eigenvalue weighted by Crippen LogP contribution is -2.24. The van der Waals surface area contributed by atoms with Crippen molar-refractivity contribution in [2.45, 2.75) is 70.9 Å². The monoisotopic (exact) mass is 345 g/mol. The molecule has 0 aromatic heterocycles. The number of carbonyl (C=O) groups is 1. The minimum atomic E-state index is 0.154. The summed E-state index contributed by atoms with van der Waals surface area (Å²) < 4.78 is 0. The van der Waals surface area contributed by atoms with Crippen molar-refractivity contribution in [1.29, 1.82) is 0 Å². The summed E-state index contributed by atoms with van der Waals surface area (Å²) in [4.78, 5) is 14.4. The highest BCUT2D eigenvalue weighted by atomic mass is 16.1. The Morgan fingerprint density at radius 3 is 2.24 bits per heavy atom. The van der Waals surface area contributed by atoms with Gasteiger partial charge in [0.2, 0.25) is 5.91 Å². The average Bonchev–Trinajstić information content (AvgIpc) is 2.90. The van der Waals surface area contributed by atoms with E-state index < -0.39 is 0 Å². The number of nitrogens with two attached hydrogens (primary N) is 1. The highest BCUT2D eigenvalue weighted by molar-refractivity contribution is 5.75. The Morgan fingerprint density at radius 1 is 0.920 bits per heavy atom. The van der Waals surface area contributed by atoms with Crippen LogP contribution in [0.5, 0.6) is 0 Å². The molecule has 0 spiro atoms. The van der Waals surface area contributed by atoms with Gasteiger partial charge in [-0.1, -0.05) is 49.9 Å². The van der Waals surface area contributed by atoms with Crippen molar-refractivity contribution in [2.75, 3.05) is 19.6 Å². The molecule has 0 atom stereocenters. The number of unbranched alkanes of at least 4 members (excludes halogenated alkanes) is 3. The Balaban J connectivity index is 1.64. The van der Waals surface area contributed by atoms with E-state index in [4.69, 9.17) is 5.73 Å². The molecule has 1 amide bonds. The first kappa shape index (κ1) is 19.9. The summed E-state index contributed by atoms with van der Waals surface area (Å²) in [5.74, 6) is 0.154. The van der Waals surface area contributed by atoms with Gasteiger partial charge in [0.05, 0.1) is 0 Å². The van der Waals surface area contributed by atoms with E-state index in [1.54, 1.807) is 0 Å². The van der Waals surface area contributed by atoms with E-state index in [0.717, 1.165) is 38.8 Å². The number of rotatable bonds is 10. The van der Waals surface area contributed by atoms with Crippen LogP contribution >= 0.6 is 0 Å². The minimum Gasteiger partial charge on any atom is -0.352 e. The van der Waals surface area contributed by atoms with Crippen molar-refractivity contribution < 1.29 is 4.79 Å². The van der Waals surface area contributed by atoms with Crippen molar-refractivity contribution in [3.63, 3.8) is 0 Å². The van der Waals surface area contributed by atoms with Crippen LogP contribution in [0.3, 0.4) is 0 Å². The molecule has 0 bridgehead atoms. The predicted octanol–water partition coefficient (Wildman–Crippen LogP) is 3.59. The van der Waals surface area contributed by atoms with E-state index in [0.29, 0.717) is 13.0 Å². The van der Waals surface area contributed by atoms with Crippen molar-refractivity contribution >= 4 is 5.91 Å². The smallest absolute Gasteiger partial charge is 0.220 e. The van der Waals surface area contributed by atoms with Gasteiger partial charge in [0.1, 0.15) is 0 Å². The van der Waals surface area contributed by atoms with Gasteiger partial charge in [0.15, 0.2) is 0 Å². The van der Waals surface area contributed by atoms with Gasteiger partial charge >= 0.3 is 0 Å². The Bertz CT molecular complexity index is 478. The van der Waals surface area contributed by atoms with E-state index >= 15 is 0 Å². The third-order valence-corrected chi connectivity index (χ3v) is 4.98. The normalized spacial score (nSPS) is 15.7. The molecule has 1 aliphatic rings. The highest BCUT2D eigenvalue weighted by Gasteiger charge is 2.09. The summed E-state index contributed by atoms with van der Waals surface area (Å²) in [6.45, 7) is 4.88. The second-order valence-electron chi connectivity index (χ2n) is 7.24. The first-order chi connectivity index (χ1) is 12.3. The molecule has 0 aliphatic carbocycles. The highest BCUT2D eigenvalue weighted by Crippen LogP contribution is 2.14. The maximum Gasteiger partial charge on any atom is 0.220 e. The van der Waals surface area contributed by atoms with E-state index in [-0.39, 0.29) is 5.91 Å². The van der Waals surface area contributed by atoms with Crippen LogP contribution in [0.15, 0.2) is 24.3 Å². The Labute approximate surface area is 153 Å². The number of hydrogen-bond acceptors (Lipinski definition) is 3. The molecule has 0 saturated carbocycles. The van der Waals surface area contributed by atoms with Gasteiger partial charge in [-0.05, 0) is 56.4 Å². The predicted molar refractivity (Wildman–Crippen MR) is 104 cm³/mol. The fourth-order valence-electron chi connectivity index (χ4n) is 3.39. The van der Waals surface area contributed by atoms with Crippen molar-refractivity contribution in [3.05, 3.63) is 35.4 Å². The molecule has 1 aromatic rings. The molecule has 2 rings (SSSR count). The summed E-state index contributed by atoms with van der Waals surface area (Å²) in [5, 5.41) is 3.02. The maximum absolute atomic E-state index is 11.9. The third kappa shape index (κ3) is 8.50. The van der Waals surface area contributed by atoms with Gasteiger partial charge in [-0.15, -0.1) is 0 Å². The lowest BCUT2D eigenvalue weighted by atomic mass is 10.1. The molecule has 4 heteroatoms. The summed E-state index contributed by atoms with van der Waals surface area (Å²) in [7, 11) is 0. The second-order valence-corrected chi connectivity index (χ2v) is 7.24. The number of hydrogen-bond donors (Lipinski definition) is 2. The Kier molecular flexibility index (Phi) is 9.60. The number of benzene rings is 1. The van der Waals surface area contributed by atoms with Gasteiger partial charge in [0, 0.05) is 19.5 Å². The first-order valence-electron chi connectivity index (χ1n) is 10.0. The molecule has 0 unspecified atom stereocenters. The van der Waals surface area contributed by atoms with Crippen molar-refractivity contribution in [3.8, 4) is 0 Å². The molecule has 0 radical (unpaired) electrons. The van der Waals surface area contributed by atoms with E-state index in [2.05, 4.69) is 34.5 Å². The molecule has 25 heavy (non-hydrogen) atoms. The van der Waals surface area contributed by atoms with Crippen molar-refractivity contribution in [2.24, 2.45) is 5.73 Å². The van der Waals surface area contributed by atoms with Crippen LogP contribution in [0.1, 0.15) is 68.9 Å². The van der Waals surface area contributed by atoms with E-state index in [1.165, 1.54) is 49.9 Å². The van der Waals surface area contributed by atoms with Crippen LogP contribution < -0.4 is 11.1 Å². The van der Waals surface area contributed by atoms with Gasteiger partial charge in [-0.2, -0.15) is 0 Å². The molecular formula is C21H35N3O. The van der Waals surface area contributed by atoms with Gasteiger partial charge in [-0.3, -0.25) is 9.69 Å². The van der Waals surface area contributed by atoms with Crippen LogP contribution in [0.4, 0.5) is 0 Å². The molecular weight excluding hydrogens is 310 g/mol. The van der Waals surface area contributed by atoms with Crippen LogP contribution in [0.25, 0.3) is 0 Å². The summed E-state index contributed by atoms with van der Waals surface area (Å²) in [5.41, 5.74) is 8.02. The number of likely N-dealkylation sites (tertiary alicyclic amines) is 1. The number of amides is 1. The van der Waals surface area contributed by atoms with E-state index in [9.17, 15) is 4.79 Å². The Morgan fingerprint density at radius 2 is 1.56 bits per heavy atom. The standard InChI is InChI=1S/C21H35N3O/c22-14-6-2-1-5-9-21(25)23-17-19-10-12-20(13-11-19)18-24-15-7-3-4-8-16-24/h10-13H,1-9,14-18,22H2,(H,23,25). The third-order valence-electron chi connectivity index (χ3n) is 4.98. The quantitative estimate of drug-likeness (QED) is 0.637. The fraction of sp³-hybridized carbons (Fsp3) is 0.667.